The number of nitrogens with zero attached hydrogens (tertiary/aromatic N) is 2. The van der Waals surface area contributed by atoms with Crippen LogP contribution in [0.2, 0.25) is 0 Å². The van der Waals surface area contributed by atoms with Gasteiger partial charge in [-0.05, 0) is 6.42 Å². The van der Waals surface area contributed by atoms with Gasteiger partial charge >= 0.3 is 5.97 Å². The summed E-state index contributed by atoms with van der Waals surface area (Å²) in [6.45, 7) is 2.48. The van der Waals surface area contributed by atoms with E-state index in [1.165, 1.54) is 0 Å². The normalized spacial score (nSPS) is 10.2. The number of nitrogens with one attached hydrogen (secondary N) is 1. The Labute approximate surface area is 150 Å². The highest BCUT2D eigenvalue weighted by atomic mass is 32.2. The molecule has 6 nitrogen and oxygen atoms in total. The molecule has 0 atom stereocenters. The maximum absolute atomic E-state index is 12.1. The minimum Gasteiger partial charge on any atom is -0.465 e. The molecular weight excluding hydrogens is 338 g/mol. The molecule has 7 heteroatoms. The molecule has 0 aliphatic carbocycles. The molecule has 0 aliphatic rings. The molecule has 1 aromatic heterocycles. The molecule has 0 fully saturated rings. The third-order valence-electron chi connectivity index (χ3n) is 3.39. The van der Waals surface area contributed by atoms with Crippen LogP contribution in [0.4, 0.5) is 0 Å². The van der Waals surface area contributed by atoms with Crippen molar-refractivity contribution in [2.24, 2.45) is 0 Å². The largest absolute Gasteiger partial charge is 0.465 e. The average Bonchev–Trinajstić information content (AvgIpc) is 2.64. The zero-order chi connectivity index (χ0) is 18.1. The van der Waals surface area contributed by atoms with E-state index in [0.717, 1.165) is 31.0 Å². The Hall–Kier alpha value is -2.59. The van der Waals surface area contributed by atoms with Gasteiger partial charge in [-0.1, -0.05) is 61.9 Å². The smallest absolute Gasteiger partial charge is 0.316 e. The van der Waals surface area contributed by atoms with Crippen LogP contribution in [-0.4, -0.2) is 28.3 Å². The third-order valence-corrected chi connectivity index (χ3v) is 4.24. The number of carbonyl (C=O) groups is 1. The number of thioether (sulfide) groups is 1. The number of hydrogen-bond acceptors (Lipinski definition) is 6. The van der Waals surface area contributed by atoms with E-state index in [1.807, 2.05) is 12.1 Å². The van der Waals surface area contributed by atoms with E-state index in [1.54, 1.807) is 24.3 Å². The van der Waals surface area contributed by atoms with Crippen LogP contribution in [0.25, 0.3) is 11.3 Å². The van der Waals surface area contributed by atoms with E-state index < -0.39 is 5.56 Å². The first kappa shape index (κ1) is 18.7. The zero-order valence-corrected chi connectivity index (χ0v) is 14.8. The van der Waals surface area contributed by atoms with Crippen molar-refractivity contribution in [1.82, 2.24) is 9.97 Å². The Bertz CT molecular complexity index is 813. The molecule has 2 rings (SSSR count). The topological polar surface area (TPSA) is 95.8 Å². The molecule has 0 saturated heterocycles. The molecule has 130 valence electrons. The summed E-state index contributed by atoms with van der Waals surface area (Å²) < 4.78 is 5.12. The number of H-pyrrole nitrogens is 1. The highest BCUT2D eigenvalue weighted by Crippen LogP contribution is 2.21. The van der Waals surface area contributed by atoms with Crippen LogP contribution in [-0.2, 0) is 9.53 Å². The van der Waals surface area contributed by atoms with Crippen molar-refractivity contribution in [2.45, 2.75) is 31.3 Å². The van der Waals surface area contributed by atoms with Gasteiger partial charge in [0.25, 0.3) is 5.56 Å². The molecular formula is C18H19N3O3S. The standard InChI is InChI=1S/C18H19N3O3S/c1-2-3-7-10-24-15(22)12-25-18-20-16(13-8-5-4-6-9-13)14(11-19)17(23)21-18/h4-6,8-9H,2-3,7,10,12H2,1H3,(H,20,21,23). The summed E-state index contributed by atoms with van der Waals surface area (Å²) in [5.41, 5.74) is 0.424. The number of ether oxygens (including phenoxy) is 1. The summed E-state index contributed by atoms with van der Waals surface area (Å²) in [6, 6.07) is 10.9. The van der Waals surface area contributed by atoms with Crippen molar-refractivity contribution in [3.8, 4) is 17.3 Å². The Morgan fingerprint density at radius 2 is 2.08 bits per heavy atom. The fourth-order valence-corrected chi connectivity index (χ4v) is 2.80. The number of unbranched alkanes of at least 4 members (excludes halogenated alkanes) is 2. The van der Waals surface area contributed by atoms with E-state index in [9.17, 15) is 14.9 Å². The number of rotatable bonds is 8. The Morgan fingerprint density at radius 3 is 2.76 bits per heavy atom. The van der Waals surface area contributed by atoms with Gasteiger partial charge < -0.3 is 9.72 Å². The second-order valence-electron chi connectivity index (χ2n) is 5.29. The van der Waals surface area contributed by atoms with Crippen molar-refractivity contribution in [1.29, 1.82) is 5.26 Å². The van der Waals surface area contributed by atoms with Gasteiger partial charge in [0.2, 0.25) is 0 Å². The average molecular weight is 357 g/mol. The molecule has 0 amide bonds. The summed E-state index contributed by atoms with van der Waals surface area (Å²) in [5, 5.41) is 9.51. The SMILES string of the molecule is CCCCCOC(=O)CSc1nc(-c2ccccc2)c(C#N)c(=O)[nH]1. The Balaban J connectivity index is 2.10. The lowest BCUT2D eigenvalue weighted by Gasteiger charge is -2.07. The molecule has 0 aliphatic heterocycles. The molecule has 25 heavy (non-hydrogen) atoms. The number of aromatic amines is 1. The minimum atomic E-state index is -0.518. The molecule has 0 radical (unpaired) electrons. The first-order chi connectivity index (χ1) is 12.2. The summed E-state index contributed by atoms with van der Waals surface area (Å²) in [7, 11) is 0. The lowest BCUT2D eigenvalue weighted by atomic mass is 10.1. The summed E-state index contributed by atoms with van der Waals surface area (Å²) in [4.78, 5) is 30.7. The van der Waals surface area contributed by atoms with Crippen molar-refractivity contribution in [3.05, 3.63) is 46.2 Å². The minimum absolute atomic E-state index is 0.0438. The van der Waals surface area contributed by atoms with Crippen LogP contribution >= 0.6 is 11.8 Å². The first-order valence-corrected chi connectivity index (χ1v) is 9.02. The number of esters is 1. The molecule has 1 heterocycles. The van der Waals surface area contributed by atoms with Gasteiger partial charge in [-0.2, -0.15) is 5.26 Å². The van der Waals surface area contributed by atoms with Crippen LogP contribution < -0.4 is 5.56 Å². The zero-order valence-electron chi connectivity index (χ0n) is 13.9. The highest BCUT2D eigenvalue weighted by molar-refractivity contribution is 7.99. The molecule has 0 spiro atoms. The highest BCUT2D eigenvalue weighted by Gasteiger charge is 2.14. The van der Waals surface area contributed by atoms with Crippen molar-refractivity contribution >= 4 is 17.7 Å². The van der Waals surface area contributed by atoms with Gasteiger partial charge in [-0.3, -0.25) is 9.59 Å². The quantitative estimate of drug-likeness (QED) is 0.337. The predicted octanol–water partition coefficient (Wildman–Crippen LogP) is 3.13. The predicted molar refractivity (Wildman–Crippen MR) is 96.2 cm³/mol. The van der Waals surface area contributed by atoms with Gasteiger partial charge in [-0.25, -0.2) is 4.98 Å². The van der Waals surface area contributed by atoms with Gasteiger partial charge in [0.1, 0.15) is 11.6 Å². The molecule has 0 bridgehead atoms. The van der Waals surface area contributed by atoms with Gasteiger partial charge in [-0.15, -0.1) is 0 Å². The Kier molecular flexibility index (Phi) is 7.23. The molecule has 0 saturated carbocycles. The second-order valence-corrected chi connectivity index (χ2v) is 6.25. The van der Waals surface area contributed by atoms with Crippen LogP contribution in [0.3, 0.4) is 0 Å². The monoisotopic (exact) mass is 357 g/mol. The van der Waals surface area contributed by atoms with Crippen LogP contribution in [0.1, 0.15) is 31.7 Å². The Morgan fingerprint density at radius 1 is 1.32 bits per heavy atom. The molecule has 1 aromatic carbocycles. The number of aromatic nitrogens is 2. The fraction of sp³-hybridized carbons (Fsp3) is 0.333. The maximum Gasteiger partial charge on any atom is 0.316 e. The first-order valence-electron chi connectivity index (χ1n) is 8.04. The molecule has 0 unspecified atom stereocenters. The van der Waals surface area contributed by atoms with Gasteiger partial charge in [0, 0.05) is 5.56 Å². The van der Waals surface area contributed by atoms with Gasteiger partial charge in [0.15, 0.2) is 5.16 Å². The lowest BCUT2D eigenvalue weighted by Crippen LogP contribution is -2.16. The van der Waals surface area contributed by atoms with E-state index >= 15 is 0 Å². The summed E-state index contributed by atoms with van der Waals surface area (Å²) in [5.74, 6) is -0.302. The third kappa shape index (κ3) is 5.47. The maximum atomic E-state index is 12.1. The number of carbonyl (C=O) groups excluding carboxylic acids is 1. The number of nitriles is 1. The number of hydrogen-bond donors (Lipinski definition) is 1. The number of benzene rings is 1. The van der Waals surface area contributed by atoms with Crippen LogP contribution in [0.5, 0.6) is 0 Å². The van der Waals surface area contributed by atoms with E-state index in [0.29, 0.717) is 17.9 Å². The van der Waals surface area contributed by atoms with E-state index in [2.05, 4.69) is 16.9 Å². The van der Waals surface area contributed by atoms with Crippen molar-refractivity contribution in [3.63, 3.8) is 0 Å². The molecule has 2 aromatic rings. The van der Waals surface area contributed by atoms with Crippen molar-refractivity contribution in [2.75, 3.05) is 12.4 Å². The van der Waals surface area contributed by atoms with Crippen LogP contribution in [0, 0.1) is 11.3 Å². The van der Waals surface area contributed by atoms with Crippen molar-refractivity contribution < 1.29 is 9.53 Å². The fourth-order valence-electron chi connectivity index (χ4n) is 2.14. The van der Waals surface area contributed by atoms with Gasteiger partial charge in [0.05, 0.1) is 18.1 Å². The second kappa shape index (κ2) is 9.64. The van der Waals surface area contributed by atoms with Crippen LogP contribution in [0.15, 0.2) is 40.3 Å². The molecule has 1 N–H and O–H groups in total. The summed E-state index contributed by atoms with van der Waals surface area (Å²) >= 11 is 1.08. The summed E-state index contributed by atoms with van der Waals surface area (Å²) in [6.07, 6.45) is 2.92. The lowest BCUT2D eigenvalue weighted by molar-refractivity contribution is -0.140. The van der Waals surface area contributed by atoms with E-state index in [-0.39, 0.29) is 22.4 Å². The van der Waals surface area contributed by atoms with E-state index in [4.69, 9.17) is 4.74 Å².